The van der Waals surface area contributed by atoms with E-state index in [-0.39, 0.29) is 5.41 Å². The van der Waals surface area contributed by atoms with Crippen LogP contribution in [0.15, 0.2) is 17.5 Å². The average molecular weight is 224 g/mol. The highest BCUT2D eigenvalue weighted by molar-refractivity contribution is 7.09. The van der Waals surface area contributed by atoms with Crippen LogP contribution in [0.25, 0.3) is 0 Å². The summed E-state index contributed by atoms with van der Waals surface area (Å²) in [6, 6.07) is 4.15. The lowest BCUT2D eigenvalue weighted by Gasteiger charge is -2.24. The summed E-state index contributed by atoms with van der Waals surface area (Å²) in [6.45, 7) is 6.29. The van der Waals surface area contributed by atoms with Crippen molar-refractivity contribution in [1.29, 1.82) is 0 Å². The number of carbonyl (C=O) groups excluding carboxylic acids is 1. The number of carbonyl (C=O) groups is 1. The first kappa shape index (κ1) is 12.4. The number of thiophene rings is 1. The van der Waals surface area contributed by atoms with Gasteiger partial charge in [-0.3, -0.25) is 4.79 Å². The Morgan fingerprint density at radius 3 is 2.53 bits per heavy atom. The molecule has 1 heterocycles. The van der Waals surface area contributed by atoms with Gasteiger partial charge in [0.15, 0.2) is 0 Å². The Morgan fingerprint density at radius 1 is 1.40 bits per heavy atom. The molecule has 1 rings (SSSR count). The van der Waals surface area contributed by atoms with Crippen LogP contribution in [0.2, 0.25) is 0 Å². The monoisotopic (exact) mass is 224 g/mol. The molecule has 0 aliphatic carbocycles. The van der Waals surface area contributed by atoms with Gasteiger partial charge in [-0.15, -0.1) is 11.3 Å². The van der Waals surface area contributed by atoms with Gasteiger partial charge in [0.2, 0.25) is 0 Å². The van der Waals surface area contributed by atoms with Crippen molar-refractivity contribution in [2.45, 2.75) is 46.5 Å². The second-order valence-electron chi connectivity index (χ2n) is 4.27. The Bertz CT molecular complexity index is 296. The van der Waals surface area contributed by atoms with Crippen molar-refractivity contribution in [3.05, 3.63) is 22.4 Å². The maximum Gasteiger partial charge on any atom is 0.139 e. The third-order valence-corrected chi connectivity index (χ3v) is 4.35. The van der Waals surface area contributed by atoms with Gasteiger partial charge in [0.05, 0.1) is 0 Å². The van der Waals surface area contributed by atoms with E-state index in [0.29, 0.717) is 12.2 Å². The molecule has 0 aliphatic rings. The van der Waals surface area contributed by atoms with E-state index < -0.39 is 0 Å². The van der Waals surface area contributed by atoms with Crippen LogP contribution in [0.1, 0.15) is 44.9 Å². The molecule has 1 nitrogen and oxygen atoms in total. The van der Waals surface area contributed by atoms with Gasteiger partial charge in [0.1, 0.15) is 5.78 Å². The fourth-order valence-electron chi connectivity index (χ4n) is 1.64. The highest BCUT2D eigenvalue weighted by Crippen LogP contribution is 2.28. The lowest BCUT2D eigenvalue weighted by molar-refractivity contribution is -0.128. The minimum absolute atomic E-state index is 0.0999. The predicted molar refractivity (Wildman–Crippen MR) is 66.3 cm³/mol. The van der Waals surface area contributed by atoms with E-state index in [0.717, 1.165) is 19.3 Å². The van der Waals surface area contributed by atoms with Crippen LogP contribution in [0.4, 0.5) is 0 Å². The van der Waals surface area contributed by atoms with Crippen LogP contribution in [0.5, 0.6) is 0 Å². The van der Waals surface area contributed by atoms with Crippen LogP contribution in [-0.2, 0) is 11.2 Å². The molecule has 0 N–H and O–H groups in total. The second kappa shape index (κ2) is 5.45. The molecule has 84 valence electrons. The van der Waals surface area contributed by atoms with Crippen LogP contribution >= 0.6 is 11.3 Å². The summed E-state index contributed by atoms with van der Waals surface area (Å²) in [4.78, 5) is 13.3. The normalized spacial score (nSPS) is 11.7. The summed E-state index contributed by atoms with van der Waals surface area (Å²) in [6.07, 6.45) is 3.50. The maximum absolute atomic E-state index is 12.0. The number of Topliss-reactive ketones (excluding diaryl/α,β-unsaturated/α-hetero) is 1. The molecule has 1 aromatic heterocycles. The Labute approximate surface area is 96.5 Å². The van der Waals surface area contributed by atoms with Crippen molar-refractivity contribution in [3.8, 4) is 0 Å². The van der Waals surface area contributed by atoms with Gasteiger partial charge in [-0.2, -0.15) is 0 Å². The third kappa shape index (κ3) is 3.16. The smallest absolute Gasteiger partial charge is 0.139 e. The van der Waals surface area contributed by atoms with Gasteiger partial charge < -0.3 is 0 Å². The van der Waals surface area contributed by atoms with Crippen molar-refractivity contribution in [2.24, 2.45) is 5.41 Å². The summed E-state index contributed by atoms with van der Waals surface area (Å²) in [5, 5.41) is 2.07. The number of aryl methyl sites for hydroxylation is 1. The molecule has 1 aromatic rings. The molecule has 0 aromatic carbocycles. The molecule has 0 saturated carbocycles. The minimum atomic E-state index is -0.0999. The molecule has 0 atom stereocenters. The molecule has 15 heavy (non-hydrogen) atoms. The number of rotatable bonds is 6. The Morgan fingerprint density at radius 2 is 2.07 bits per heavy atom. The van der Waals surface area contributed by atoms with Crippen LogP contribution in [0, 0.1) is 5.41 Å². The van der Waals surface area contributed by atoms with Crippen molar-refractivity contribution in [1.82, 2.24) is 0 Å². The summed E-state index contributed by atoms with van der Waals surface area (Å²) < 4.78 is 0. The fourth-order valence-corrected chi connectivity index (χ4v) is 2.35. The Kier molecular flexibility index (Phi) is 4.52. The fraction of sp³-hybridized carbons (Fsp3) is 0.615. The third-order valence-electron chi connectivity index (χ3n) is 3.41. The molecule has 0 radical (unpaired) electrons. The first-order valence-electron chi connectivity index (χ1n) is 5.68. The lowest BCUT2D eigenvalue weighted by Crippen LogP contribution is -2.26. The van der Waals surface area contributed by atoms with Gasteiger partial charge >= 0.3 is 0 Å². The first-order valence-corrected chi connectivity index (χ1v) is 6.56. The van der Waals surface area contributed by atoms with E-state index in [1.54, 1.807) is 11.3 Å². The number of ketones is 1. The van der Waals surface area contributed by atoms with E-state index in [1.807, 2.05) is 6.07 Å². The van der Waals surface area contributed by atoms with Crippen LogP contribution < -0.4 is 0 Å². The molecule has 0 spiro atoms. The molecular weight excluding hydrogens is 204 g/mol. The summed E-state index contributed by atoms with van der Waals surface area (Å²) in [5.74, 6) is 0.418. The van der Waals surface area contributed by atoms with E-state index >= 15 is 0 Å². The SMILES string of the molecule is CCC(C)(CC)C(=O)CCc1cccs1. The van der Waals surface area contributed by atoms with Crippen molar-refractivity contribution in [2.75, 3.05) is 0 Å². The Hall–Kier alpha value is -0.630. The number of hydrogen-bond acceptors (Lipinski definition) is 2. The van der Waals surface area contributed by atoms with Crippen LogP contribution in [0.3, 0.4) is 0 Å². The van der Waals surface area contributed by atoms with Crippen molar-refractivity contribution in [3.63, 3.8) is 0 Å². The minimum Gasteiger partial charge on any atom is -0.299 e. The predicted octanol–water partition coefficient (Wildman–Crippen LogP) is 4.08. The molecule has 0 amide bonds. The van der Waals surface area contributed by atoms with Crippen LogP contribution in [-0.4, -0.2) is 5.78 Å². The summed E-state index contributed by atoms with van der Waals surface area (Å²) >= 11 is 1.74. The zero-order chi connectivity index (χ0) is 11.3. The highest BCUT2D eigenvalue weighted by Gasteiger charge is 2.28. The van der Waals surface area contributed by atoms with Crippen molar-refractivity contribution >= 4 is 17.1 Å². The Balaban J connectivity index is 2.48. The summed E-state index contributed by atoms with van der Waals surface area (Å²) in [5.41, 5.74) is -0.0999. The molecule has 0 bridgehead atoms. The van der Waals surface area contributed by atoms with Gasteiger partial charge in [-0.1, -0.05) is 26.8 Å². The molecule has 0 fully saturated rings. The van der Waals surface area contributed by atoms with E-state index in [4.69, 9.17) is 0 Å². The maximum atomic E-state index is 12.0. The molecule has 0 unspecified atom stereocenters. The molecule has 0 saturated heterocycles. The van der Waals surface area contributed by atoms with Crippen molar-refractivity contribution < 1.29 is 4.79 Å². The molecule has 2 heteroatoms. The largest absolute Gasteiger partial charge is 0.299 e. The second-order valence-corrected chi connectivity index (χ2v) is 5.30. The van der Waals surface area contributed by atoms with E-state index in [9.17, 15) is 4.79 Å². The quantitative estimate of drug-likeness (QED) is 0.711. The highest BCUT2D eigenvalue weighted by atomic mass is 32.1. The van der Waals surface area contributed by atoms with E-state index in [1.165, 1.54) is 4.88 Å². The zero-order valence-electron chi connectivity index (χ0n) is 9.88. The topological polar surface area (TPSA) is 17.1 Å². The van der Waals surface area contributed by atoms with E-state index in [2.05, 4.69) is 32.2 Å². The van der Waals surface area contributed by atoms with Gasteiger partial charge in [-0.05, 0) is 30.7 Å². The molecular formula is C13H20OS. The molecule has 0 aliphatic heterocycles. The standard InChI is InChI=1S/C13H20OS/c1-4-13(3,5-2)12(14)9-8-11-7-6-10-15-11/h6-7,10H,4-5,8-9H2,1-3H3. The lowest BCUT2D eigenvalue weighted by atomic mass is 9.79. The van der Waals surface area contributed by atoms with Gasteiger partial charge in [0.25, 0.3) is 0 Å². The zero-order valence-corrected chi connectivity index (χ0v) is 10.7. The summed E-state index contributed by atoms with van der Waals surface area (Å²) in [7, 11) is 0. The average Bonchev–Trinajstić information content (AvgIpc) is 2.77. The van der Waals surface area contributed by atoms with Gasteiger partial charge in [0, 0.05) is 16.7 Å². The number of hydrogen-bond donors (Lipinski definition) is 0. The first-order chi connectivity index (χ1) is 7.12. The van der Waals surface area contributed by atoms with Gasteiger partial charge in [-0.25, -0.2) is 0 Å².